The Morgan fingerprint density at radius 1 is 0.622 bits per heavy atom. The summed E-state index contributed by atoms with van der Waals surface area (Å²) < 4.78 is 95.7. The van der Waals surface area contributed by atoms with Crippen molar-refractivity contribution in [3.8, 4) is 0 Å². The third-order valence-electron chi connectivity index (χ3n) is 7.57. The van der Waals surface area contributed by atoms with Crippen LogP contribution in [0, 0.1) is 0 Å². The lowest BCUT2D eigenvalue weighted by Gasteiger charge is -2.12. The number of halogens is 1. The number of sulfone groups is 4. The first kappa shape index (κ1) is 43.7. The Labute approximate surface area is 276 Å². The van der Waals surface area contributed by atoms with E-state index < -0.39 is 72.5 Å². The Morgan fingerprint density at radius 2 is 1.02 bits per heavy atom. The number of carbonyl (C=O) groups is 3. The molecule has 0 amide bonds. The second kappa shape index (κ2) is 17.2. The molecule has 0 radical (unpaired) electrons. The summed E-state index contributed by atoms with van der Waals surface area (Å²) in [5, 5.41) is 9.20. The summed E-state index contributed by atoms with van der Waals surface area (Å²) in [4.78, 5) is 32.5. The average molecular weight is 792 g/mol. The molecule has 0 aliphatic heterocycles. The van der Waals surface area contributed by atoms with E-state index in [1.807, 2.05) is 0 Å². The van der Waals surface area contributed by atoms with Gasteiger partial charge in [-0.1, -0.05) is 43.6 Å². The van der Waals surface area contributed by atoms with Crippen LogP contribution in [0.25, 0.3) is 0 Å². The molecule has 0 atom stereocenters. The van der Waals surface area contributed by atoms with Gasteiger partial charge in [0.1, 0.15) is 5.75 Å². The van der Waals surface area contributed by atoms with Crippen molar-refractivity contribution in [2.75, 3.05) is 47.3 Å². The first-order valence-electron chi connectivity index (χ1n) is 14.5. The van der Waals surface area contributed by atoms with Gasteiger partial charge in [0.05, 0.1) is 18.0 Å². The first-order valence-corrected chi connectivity index (χ1v) is 22.4. The maximum absolute atomic E-state index is 11.5. The topological polar surface area (TPSA) is 226 Å². The number of hydrogen-bond acceptors (Lipinski definition) is 13. The second-order valence-corrected chi connectivity index (χ2v) is 21.3. The first-order chi connectivity index (χ1) is 20.6. The molecule has 3 aliphatic carbocycles. The van der Waals surface area contributed by atoms with E-state index in [4.69, 9.17) is 9.84 Å². The number of carbonyl (C=O) groups excluding carboxylic acids is 2. The molecule has 3 fully saturated rings. The summed E-state index contributed by atoms with van der Waals surface area (Å²) in [6, 6.07) is 0. The monoisotopic (exact) mass is 790 g/mol. The molecule has 0 bridgehead atoms. The van der Waals surface area contributed by atoms with Crippen LogP contribution in [0.1, 0.15) is 80.1 Å². The zero-order chi connectivity index (χ0) is 35.5. The molecule has 0 aromatic carbocycles. The van der Waals surface area contributed by atoms with Crippen LogP contribution in [0.15, 0.2) is 0 Å². The van der Waals surface area contributed by atoms with Crippen LogP contribution in [0.4, 0.5) is 0 Å². The van der Waals surface area contributed by atoms with Gasteiger partial charge in [0.25, 0.3) is 0 Å². The summed E-state index contributed by atoms with van der Waals surface area (Å²) in [6.07, 6.45) is 3.07. The normalized spacial score (nSPS) is 18.6. The second-order valence-electron chi connectivity index (χ2n) is 10.5. The van der Waals surface area contributed by atoms with Gasteiger partial charge in [-0.3, -0.25) is 14.4 Å². The lowest BCUT2D eigenvalue weighted by molar-refractivity contribution is -0.143. The largest absolute Gasteiger partial charge is 0.480 e. The number of aliphatic carboxylic acids is 1. The predicted molar refractivity (Wildman–Crippen MR) is 173 cm³/mol. The molecule has 14 nitrogen and oxygen atoms in total. The SMILES string of the molecule is CCOC(=O)C1(S(=O)(=O)CC)CC1.CCOC(=O)CS(=O)(=O)CC.CCS(=O)(=O)C1(C(=O)O)CC1.CCS(=O)(=O)C1(CBr)CC1. The van der Waals surface area contributed by atoms with E-state index in [-0.39, 0.29) is 53.8 Å². The highest BCUT2D eigenvalue weighted by molar-refractivity contribution is 9.09. The number of alkyl halides is 1. The lowest BCUT2D eigenvalue weighted by Crippen LogP contribution is -2.35. The Morgan fingerprint density at radius 3 is 1.24 bits per heavy atom. The van der Waals surface area contributed by atoms with Crippen molar-refractivity contribution in [1.82, 2.24) is 0 Å². The molecule has 266 valence electrons. The van der Waals surface area contributed by atoms with Crippen molar-refractivity contribution in [3.05, 3.63) is 0 Å². The fraction of sp³-hybridized carbons (Fsp3) is 0.885. The fourth-order valence-corrected chi connectivity index (χ4v) is 10.7. The smallest absolute Gasteiger partial charge is 0.327 e. The van der Waals surface area contributed by atoms with E-state index in [1.54, 1.807) is 27.7 Å². The van der Waals surface area contributed by atoms with Gasteiger partial charge in [0.2, 0.25) is 0 Å². The molecule has 3 saturated carbocycles. The third-order valence-corrected chi connectivity index (χ3v) is 18.3. The molecule has 0 unspecified atom stereocenters. The summed E-state index contributed by atoms with van der Waals surface area (Å²) in [7, 11) is -12.7. The predicted octanol–water partition coefficient (Wildman–Crippen LogP) is 1.89. The minimum Gasteiger partial charge on any atom is -0.480 e. The Kier molecular flexibility index (Phi) is 16.7. The van der Waals surface area contributed by atoms with Crippen molar-refractivity contribution in [1.29, 1.82) is 0 Å². The minimum atomic E-state index is -3.39. The van der Waals surface area contributed by atoms with Crippen LogP contribution in [0.5, 0.6) is 0 Å². The highest BCUT2D eigenvalue weighted by Gasteiger charge is 2.61. The summed E-state index contributed by atoms with van der Waals surface area (Å²) in [6.45, 7) is 9.99. The molecule has 0 aromatic heterocycles. The quantitative estimate of drug-likeness (QED) is 0.196. The van der Waals surface area contributed by atoms with Crippen LogP contribution in [-0.2, 0) is 63.2 Å². The Balaban J connectivity index is 0.000000576. The van der Waals surface area contributed by atoms with Gasteiger partial charge in [0, 0.05) is 28.3 Å². The van der Waals surface area contributed by atoms with Gasteiger partial charge in [0.15, 0.2) is 48.8 Å². The molecular weight excluding hydrogens is 744 g/mol. The third kappa shape index (κ3) is 11.4. The molecule has 45 heavy (non-hydrogen) atoms. The van der Waals surface area contributed by atoms with Crippen LogP contribution in [0.2, 0.25) is 0 Å². The highest BCUT2D eigenvalue weighted by atomic mass is 79.9. The molecule has 0 spiro atoms. The van der Waals surface area contributed by atoms with Crippen LogP contribution >= 0.6 is 15.9 Å². The molecule has 0 heterocycles. The Hall–Kier alpha value is -1.31. The fourth-order valence-electron chi connectivity index (χ4n) is 3.80. The van der Waals surface area contributed by atoms with Crippen molar-refractivity contribution >= 4 is 73.2 Å². The molecule has 0 aromatic rings. The lowest BCUT2D eigenvalue weighted by atomic mass is 10.4. The van der Waals surface area contributed by atoms with E-state index in [1.165, 1.54) is 13.8 Å². The van der Waals surface area contributed by atoms with Crippen LogP contribution in [0.3, 0.4) is 0 Å². The number of hydrogen-bond donors (Lipinski definition) is 1. The van der Waals surface area contributed by atoms with Crippen LogP contribution in [-0.4, -0.2) is 118 Å². The van der Waals surface area contributed by atoms with Gasteiger partial charge in [-0.05, 0) is 52.4 Å². The minimum absolute atomic E-state index is 0.00577. The zero-order valence-electron chi connectivity index (χ0n) is 26.7. The molecular formula is C26H47BrO14S4. The summed E-state index contributed by atoms with van der Waals surface area (Å²) >= 11 is 3.23. The number of ether oxygens (including phenoxy) is 2. The van der Waals surface area contributed by atoms with E-state index >= 15 is 0 Å². The van der Waals surface area contributed by atoms with Crippen LogP contribution < -0.4 is 0 Å². The zero-order valence-corrected chi connectivity index (χ0v) is 31.5. The summed E-state index contributed by atoms with van der Waals surface area (Å²) in [5.74, 6) is -2.77. The molecule has 1 N–H and O–H groups in total. The molecule has 19 heteroatoms. The van der Waals surface area contributed by atoms with Gasteiger partial charge >= 0.3 is 17.9 Å². The van der Waals surface area contributed by atoms with E-state index in [0.29, 0.717) is 18.2 Å². The van der Waals surface area contributed by atoms with E-state index in [0.717, 1.165) is 12.8 Å². The van der Waals surface area contributed by atoms with Crippen molar-refractivity contribution in [2.24, 2.45) is 0 Å². The number of rotatable bonds is 14. The number of carboxylic acids is 1. The van der Waals surface area contributed by atoms with Crippen molar-refractivity contribution < 1.29 is 62.6 Å². The molecule has 3 aliphatic rings. The van der Waals surface area contributed by atoms with Gasteiger partial charge in [-0.15, -0.1) is 0 Å². The number of carboxylic acid groups (broad SMARTS) is 1. The number of esters is 2. The molecule has 0 saturated heterocycles. The highest BCUT2D eigenvalue weighted by Crippen LogP contribution is 2.46. The van der Waals surface area contributed by atoms with Crippen molar-refractivity contribution in [2.45, 2.75) is 94.3 Å². The van der Waals surface area contributed by atoms with E-state index in [9.17, 15) is 48.1 Å². The van der Waals surface area contributed by atoms with Gasteiger partial charge < -0.3 is 14.6 Å². The van der Waals surface area contributed by atoms with Gasteiger partial charge in [-0.2, -0.15) is 0 Å². The summed E-state index contributed by atoms with van der Waals surface area (Å²) in [5.41, 5.74) is 0. The average Bonchev–Trinajstić information content (AvgIpc) is 3.84. The standard InChI is InChI=1S/C8H14O4S.C6H11BrO2S.C6H10O4S.C6H12O4S/c1-3-12-7(9)8(5-6-8)13(10,11)4-2;1-2-10(8,9)6(5-7)3-4-6;1-2-11(9,10)6(3-4-6)5(7)8;1-3-10-6(7)5-11(8,9)4-2/h3-6H2,1-2H3;2-5H2,1H3;2-4H2,1H3,(H,7,8);3-5H2,1-2H3. The maximum Gasteiger partial charge on any atom is 0.327 e. The molecule has 3 rings (SSSR count). The van der Waals surface area contributed by atoms with Crippen molar-refractivity contribution in [3.63, 3.8) is 0 Å². The Bertz CT molecular complexity index is 1450. The maximum atomic E-state index is 11.5. The van der Waals surface area contributed by atoms with E-state index in [2.05, 4.69) is 20.7 Å². The van der Waals surface area contributed by atoms with Gasteiger partial charge in [-0.25, -0.2) is 33.7 Å².